The van der Waals surface area contributed by atoms with Gasteiger partial charge in [0.2, 0.25) is 11.8 Å². The van der Waals surface area contributed by atoms with Crippen LogP contribution in [0, 0.1) is 11.8 Å². The Hall–Kier alpha value is -5.27. The van der Waals surface area contributed by atoms with Gasteiger partial charge in [0.25, 0.3) is 0 Å². The van der Waals surface area contributed by atoms with Crippen molar-refractivity contribution in [2.45, 2.75) is 63.5 Å². The van der Waals surface area contributed by atoms with Crippen LogP contribution in [0.15, 0.2) is 88.8 Å². The number of aliphatic imine (C=N–C) groups is 2. The molecule has 0 aromatic heterocycles. The fourth-order valence-corrected chi connectivity index (χ4v) is 5.89. The SMILES string of the molecule is NC(=O)[C@H](CCCN=C(N)N)CC(=O)[C@H](Cc1ccc(-c2ccccc2)cc1)NC(=O)[C@H](CCCN=C(N)N)CC(=O)[C@@H](N)Cc1ccc(Cl)cc1. The first-order valence-electron chi connectivity index (χ1n) is 17.2. The van der Waals surface area contributed by atoms with Crippen LogP contribution in [0.3, 0.4) is 0 Å². The average Bonchev–Trinajstić information content (AvgIpc) is 3.11. The number of hydrogen-bond donors (Lipinski definition) is 7. The Morgan fingerprint density at radius 3 is 1.69 bits per heavy atom. The van der Waals surface area contributed by atoms with Crippen LogP contribution in [0.1, 0.15) is 49.7 Å². The number of nitrogens with one attached hydrogen (secondary N) is 1. The van der Waals surface area contributed by atoms with Gasteiger partial charge in [0.15, 0.2) is 23.5 Å². The second-order valence-corrected chi connectivity index (χ2v) is 13.2. The Labute approximate surface area is 309 Å². The lowest BCUT2D eigenvalue weighted by Gasteiger charge is -2.24. The van der Waals surface area contributed by atoms with Crippen molar-refractivity contribution in [1.82, 2.24) is 5.32 Å². The van der Waals surface area contributed by atoms with Gasteiger partial charge in [-0.25, -0.2) is 0 Å². The van der Waals surface area contributed by atoms with Gasteiger partial charge in [-0.05, 0) is 72.9 Å². The van der Waals surface area contributed by atoms with Gasteiger partial charge in [-0.2, -0.15) is 0 Å². The van der Waals surface area contributed by atoms with E-state index in [2.05, 4.69) is 15.3 Å². The van der Waals surface area contributed by atoms with Crippen molar-refractivity contribution in [3.8, 4) is 11.1 Å². The topological polar surface area (TPSA) is 261 Å². The molecule has 0 spiro atoms. The number of rotatable bonds is 22. The normalized spacial score (nSPS) is 13.2. The maximum Gasteiger partial charge on any atom is 0.224 e. The van der Waals surface area contributed by atoms with Crippen LogP contribution < -0.4 is 39.7 Å². The first-order valence-corrected chi connectivity index (χ1v) is 17.6. The van der Waals surface area contributed by atoms with Crippen molar-refractivity contribution >= 4 is 46.9 Å². The van der Waals surface area contributed by atoms with E-state index in [1.54, 1.807) is 24.3 Å². The van der Waals surface area contributed by atoms with Crippen molar-refractivity contribution in [3.63, 3.8) is 0 Å². The second-order valence-electron chi connectivity index (χ2n) is 12.8. The van der Waals surface area contributed by atoms with Crippen LogP contribution in [0.5, 0.6) is 0 Å². The Morgan fingerprint density at radius 2 is 1.13 bits per heavy atom. The van der Waals surface area contributed by atoms with E-state index >= 15 is 0 Å². The molecule has 0 aliphatic carbocycles. The van der Waals surface area contributed by atoms with Crippen LogP contribution in [0.2, 0.25) is 5.02 Å². The van der Waals surface area contributed by atoms with Gasteiger partial charge < -0.3 is 39.7 Å². The van der Waals surface area contributed by atoms with Crippen LogP contribution >= 0.6 is 11.6 Å². The highest BCUT2D eigenvalue weighted by Crippen LogP contribution is 2.22. The number of nitrogens with zero attached hydrogens (tertiary/aromatic N) is 2. The van der Waals surface area contributed by atoms with E-state index in [1.807, 2.05) is 54.6 Å². The van der Waals surface area contributed by atoms with E-state index < -0.39 is 35.7 Å². The molecule has 13 N–H and O–H groups in total. The van der Waals surface area contributed by atoms with E-state index in [-0.39, 0.29) is 75.1 Å². The molecule has 0 heterocycles. The number of ketones is 2. The molecule has 0 bridgehead atoms. The minimum Gasteiger partial charge on any atom is -0.370 e. The molecule has 0 unspecified atom stereocenters. The van der Waals surface area contributed by atoms with Crippen molar-refractivity contribution in [2.75, 3.05) is 13.1 Å². The second kappa shape index (κ2) is 21.2. The van der Waals surface area contributed by atoms with Crippen LogP contribution in [-0.4, -0.2) is 60.5 Å². The number of amides is 2. The van der Waals surface area contributed by atoms with Gasteiger partial charge in [-0.15, -0.1) is 0 Å². The lowest BCUT2D eigenvalue weighted by Crippen LogP contribution is -2.47. The molecule has 0 aliphatic rings. The molecule has 3 aromatic carbocycles. The molecule has 0 saturated heterocycles. The van der Waals surface area contributed by atoms with Crippen LogP contribution in [-0.2, 0) is 32.0 Å². The zero-order chi connectivity index (χ0) is 38.0. The molecule has 3 rings (SSSR count). The number of carbonyl (C=O) groups is 4. The van der Waals surface area contributed by atoms with E-state index in [1.165, 1.54) is 0 Å². The predicted molar refractivity (Wildman–Crippen MR) is 206 cm³/mol. The highest BCUT2D eigenvalue weighted by molar-refractivity contribution is 6.30. The lowest BCUT2D eigenvalue weighted by atomic mass is 9.89. The first kappa shape index (κ1) is 41.2. The summed E-state index contributed by atoms with van der Waals surface area (Å²) in [6.07, 6.45) is 1.39. The molecule has 2 amide bonds. The van der Waals surface area contributed by atoms with Crippen LogP contribution in [0.4, 0.5) is 0 Å². The molecule has 278 valence electrons. The summed E-state index contributed by atoms with van der Waals surface area (Å²) < 4.78 is 0. The fourth-order valence-electron chi connectivity index (χ4n) is 5.76. The third-order valence-corrected chi connectivity index (χ3v) is 8.92. The Kier molecular flexibility index (Phi) is 16.8. The summed E-state index contributed by atoms with van der Waals surface area (Å²) in [4.78, 5) is 61.6. The first-order chi connectivity index (χ1) is 24.8. The molecule has 4 atom stereocenters. The van der Waals surface area contributed by atoms with Gasteiger partial charge in [-0.1, -0.05) is 78.3 Å². The number of hydrogen-bond acceptors (Lipinski definition) is 7. The maximum absolute atomic E-state index is 14.0. The van der Waals surface area contributed by atoms with Gasteiger partial charge in [0, 0.05) is 42.8 Å². The predicted octanol–water partition coefficient (Wildman–Crippen LogP) is 2.35. The lowest BCUT2D eigenvalue weighted by molar-refractivity contribution is -0.134. The van der Waals surface area contributed by atoms with E-state index in [9.17, 15) is 19.2 Å². The van der Waals surface area contributed by atoms with Gasteiger partial charge in [-0.3, -0.25) is 29.2 Å². The summed E-state index contributed by atoms with van der Waals surface area (Å²) in [7, 11) is 0. The summed E-state index contributed by atoms with van der Waals surface area (Å²) in [6.45, 7) is 0.511. The Balaban J connectivity index is 1.84. The summed E-state index contributed by atoms with van der Waals surface area (Å²) in [5.74, 6) is -3.64. The summed E-state index contributed by atoms with van der Waals surface area (Å²) in [6, 6.07) is 22.6. The van der Waals surface area contributed by atoms with Crippen molar-refractivity contribution in [3.05, 3.63) is 95.0 Å². The Bertz CT molecular complexity index is 1670. The van der Waals surface area contributed by atoms with Gasteiger partial charge in [0.1, 0.15) is 0 Å². The molecule has 0 fully saturated rings. The number of guanidine groups is 2. The average molecular weight is 732 g/mol. The number of Topliss-reactive ketones (excluding diaryl/α,β-unsaturated/α-hetero) is 2. The quantitative estimate of drug-likeness (QED) is 0.0454. The van der Waals surface area contributed by atoms with Gasteiger partial charge in [0.05, 0.1) is 12.1 Å². The molecule has 0 aliphatic heterocycles. The molecular weight excluding hydrogens is 682 g/mol. The molecule has 3 aromatic rings. The third kappa shape index (κ3) is 14.5. The Morgan fingerprint density at radius 1 is 0.635 bits per heavy atom. The van der Waals surface area contributed by atoms with E-state index in [4.69, 9.17) is 46.0 Å². The van der Waals surface area contributed by atoms with Crippen molar-refractivity contribution in [2.24, 2.45) is 56.2 Å². The molecule has 52 heavy (non-hydrogen) atoms. The van der Waals surface area contributed by atoms with Crippen molar-refractivity contribution in [1.29, 1.82) is 0 Å². The number of primary amides is 1. The van der Waals surface area contributed by atoms with Crippen LogP contribution in [0.25, 0.3) is 11.1 Å². The molecule has 0 radical (unpaired) electrons. The highest BCUT2D eigenvalue weighted by Gasteiger charge is 2.31. The minimum absolute atomic E-state index is 0.0787. The third-order valence-electron chi connectivity index (χ3n) is 8.67. The number of carbonyl (C=O) groups excluding carboxylic acids is 4. The minimum atomic E-state index is -1.02. The summed E-state index contributed by atoms with van der Waals surface area (Å²) in [5.41, 5.74) is 37.4. The monoisotopic (exact) mass is 731 g/mol. The maximum atomic E-state index is 14.0. The van der Waals surface area contributed by atoms with Gasteiger partial charge >= 0.3 is 0 Å². The van der Waals surface area contributed by atoms with Crippen molar-refractivity contribution < 1.29 is 19.2 Å². The molecule has 14 heteroatoms. The summed E-state index contributed by atoms with van der Waals surface area (Å²) in [5, 5.41) is 3.46. The molecular formula is C38H50ClN9O4. The largest absolute Gasteiger partial charge is 0.370 e. The molecule has 0 saturated carbocycles. The zero-order valence-electron chi connectivity index (χ0n) is 29.3. The fraction of sp³-hybridized carbons (Fsp3) is 0.368. The number of benzene rings is 3. The van der Waals surface area contributed by atoms with E-state index in [0.29, 0.717) is 17.9 Å². The number of halogens is 1. The molecule has 13 nitrogen and oxygen atoms in total. The number of nitrogens with two attached hydrogens (primary N) is 6. The summed E-state index contributed by atoms with van der Waals surface area (Å²) >= 11 is 6.00. The zero-order valence-corrected chi connectivity index (χ0v) is 30.0. The highest BCUT2D eigenvalue weighted by atomic mass is 35.5. The standard InChI is InChI=1S/C38H50ClN9O4/c39-30-16-12-24(13-17-30)20-31(40)33(49)23-29(9-5-19-47-38(44)45)36(52)48-32(34(50)22-28(35(41)51)8-4-18-46-37(42)43)21-25-10-14-27(15-11-25)26-6-2-1-3-7-26/h1-3,6-7,10-17,28-29,31-32H,4-5,8-9,18-23,40H2,(H2,41,51)(H,48,52)(H4,42,43,46)(H4,44,45,47)/t28-,29-,31+,32+/m1/s1. The van der Waals surface area contributed by atoms with E-state index in [0.717, 1.165) is 22.3 Å². The smallest absolute Gasteiger partial charge is 0.224 e.